The number of rotatable bonds is 7. The van der Waals surface area contributed by atoms with Crippen LogP contribution in [0.5, 0.6) is 0 Å². The number of hydrogen-bond acceptors (Lipinski definition) is 3. The lowest BCUT2D eigenvalue weighted by atomic mass is 10.1. The lowest BCUT2D eigenvalue weighted by Crippen LogP contribution is -2.26. The molecule has 1 N–H and O–H groups in total. The summed E-state index contributed by atoms with van der Waals surface area (Å²) in [6, 6.07) is 12.0. The van der Waals surface area contributed by atoms with Gasteiger partial charge < -0.3 is 0 Å². The highest BCUT2D eigenvalue weighted by Gasteiger charge is 2.30. The zero-order chi connectivity index (χ0) is 17.2. The predicted molar refractivity (Wildman–Crippen MR) is 88.8 cm³/mol. The van der Waals surface area contributed by atoms with Crippen LogP contribution in [-0.2, 0) is 16.4 Å². The van der Waals surface area contributed by atoms with Crippen molar-refractivity contribution in [2.24, 2.45) is 5.92 Å². The van der Waals surface area contributed by atoms with Crippen molar-refractivity contribution in [3.63, 3.8) is 0 Å². The van der Waals surface area contributed by atoms with Crippen LogP contribution in [0.15, 0.2) is 53.4 Å². The molecule has 0 aromatic heterocycles. The minimum Gasteiger partial charge on any atom is -0.294 e. The summed E-state index contributed by atoms with van der Waals surface area (Å²) in [6.07, 6.45) is 2.31. The van der Waals surface area contributed by atoms with Crippen molar-refractivity contribution >= 4 is 15.8 Å². The van der Waals surface area contributed by atoms with E-state index in [9.17, 15) is 17.6 Å². The van der Waals surface area contributed by atoms with Gasteiger partial charge in [0, 0.05) is 18.0 Å². The molecule has 1 fully saturated rings. The van der Waals surface area contributed by atoms with Gasteiger partial charge in [0.05, 0.1) is 4.90 Å². The quantitative estimate of drug-likeness (QED) is 0.783. The van der Waals surface area contributed by atoms with Gasteiger partial charge in [0.2, 0.25) is 10.0 Å². The number of carbonyl (C=O) groups excluding carboxylic acids is 1. The van der Waals surface area contributed by atoms with E-state index >= 15 is 0 Å². The third kappa shape index (κ3) is 4.07. The Morgan fingerprint density at radius 3 is 2.25 bits per heavy atom. The zero-order valence-electron chi connectivity index (χ0n) is 13.0. The molecular formula is C18H18FNO3S. The van der Waals surface area contributed by atoms with Crippen LogP contribution in [-0.4, -0.2) is 20.7 Å². The van der Waals surface area contributed by atoms with Gasteiger partial charge in [-0.1, -0.05) is 24.3 Å². The van der Waals surface area contributed by atoms with Crippen molar-refractivity contribution in [2.45, 2.75) is 24.2 Å². The average molecular weight is 347 g/mol. The van der Waals surface area contributed by atoms with Crippen molar-refractivity contribution in [1.29, 1.82) is 0 Å². The smallest absolute Gasteiger partial charge is 0.240 e. The van der Waals surface area contributed by atoms with Crippen molar-refractivity contribution < 1.29 is 17.6 Å². The van der Waals surface area contributed by atoms with Gasteiger partial charge in [-0.05, 0) is 49.1 Å². The molecule has 126 valence electrons. The molecule has 0 heterocycles. The van der Waals surface area contributed by atoms with E-state index < -0.39 is 10.0 Å². The highest BCUT2D eigenvalue weighted by atomic mass is 32.2. The number of halogens is 1. The summed E-state index contributed by atoms with van der Waals surface area (Å²) >= 11 is 0. The van der Waals surface area contributed by atoms with Crippen LogP contribution < -0.4 is 4.72 Å². The largest absolute Gasteiger partial charge is 0.294 e. The molecule has 0 bridgehead atoms. The van der Waals surface area contributed by atoms with Crippen molar-refractivity contribution in [1.82, 2.24) is 4.72 Å². The Morgan fingerprint density at radius 2 is 1.67 bits per heavy atom. The Kier molecular flexibility index (Phi) is 4.78. The van der Waals surface area contributed by atoms with E-state index in [0.717, 1.165) is 18.4 Å². The van der Waals surface area contributed by atoms with Crippen LogP contribution in [0.25, 0.3) is 0 Å². The molecular weight excluding hydrogens is 329 g/mol. The van der Waals surface area contributed by atoms with Crippen LogP contribution in [0.2, 0.25) is 0 Å². The predicted octanol–water partition coefficient (Wildman–Crippen LogP) is 2.94. The minimum atomic E-state index is -3.62. The standard InChI is InChI=1S/C18H18FNO3S/c19-16-7-1-13(2-8-16)11-12-20-24(22,23)17-9-5-15(6-10-17)18(21)14-3-4-14/h1-2,5-10,14,20H,3-4,11-12H2. The van der Waals surface area contributed by atoms with E-state index in [4.69, 9.17) is 0 Å². The molecule has 0 spiro atoms. The van der Waals surface area contributed by atoms with Crippen LogP contribution in [0.4, 0.5) is 4.39 Å². The van der Waals surface area contributed by atoms with Gasteiger partial charge in [-0.25, -0.2) is 17.5 Å². The molecule has 6 heteroatoms. The number of ketones is 1. The second kappa shape index (κ2) is 6.83. The number of hydrogen-bond donors (Lipinski definition) is 1. The Hall–Kier alpha value is -2.05. The van der Waals surface area contributed by atoms with Crippen LogP contribution in [0.3, 0.4) is 0 Å². The summed E-state index contributed by atoms with van der Waals surface area (Å²) < 4.78 is 39.8. The Morgan fingerprint density at radius 1 is 1.04 bits per heavy atom. The summed E-state index contributed by atoms with van der Waals surface area (Å²) in [4.78, 5) is 12.1. The molecule has 4 nitrogen and oxygen atoms in total. The normalized spacial score (nSPS) is 14.5. The first-order chi connectivity index (χ1) is 11.5. The van der Waals surface area contributed by atoms with E-state index in [2.05, 4.69) is 4.72 Å². The van der Waals surface area contributed by atoms with Gasteiger partial charge >= 0.3 is 0 Å². The Bertz CT molecular complexity index is 826. The molecule has 0 amide bonds. The summed E-state index contributed by atoms with van der Waals surface area (Å²) in [5, 5.41) is 0. The van der Waals surface area contributed by atoms with E-state index in [-0.39, 0.29) is 29.0 Å². The number of sulfonamides is 1. The third-order valence-electron chi connectivity index (χ3n) is 4.02. The van der Waals surface area contributed by atoms with Gasteiger partial charge in [-0.3, -0.25) is 4.79 Å². The van der Waals surface area contributed by atoms with Gasteiger partial charge in [-0.2, -0.15) is 0 Å². The molecule has 24 heavy (non-hydrogen) atoms. The van der Waals surface area contributed by atoms with Crippen LogP contribution in [0.1, 0.15) is 28.8 Å². The highest BCUT2D eigenvalue weighted by molar-refractivity contribution is 7.89. The monoisotopic (exact) mass is 347 g/mol. The van der Waals surface area contributed by atoms with Crippen molar-refractivity contribution in [3.05, 3.63) is 65.5 Å². The average Bonchev–Trinajstić information content (AvgIpc) is 3.41. The second-order valence-electron chi connectivity index (χ2n) is 5.94. The molecule has 3 rings (SSSR count). The van der Waals surface area contributed by atoms with Gasteiger partial charge in [0.1, 0.15) is 5.82 Å². The Balaban J connectivity index is 1.60. The molecule has 0 aliphatic heterocycles. The molecule has 0 saturated heterocycles. The number of Topliss-reactive ketones (excluding diaryl/α,β-unsaturated/α-hetero) is 1. The lowest BCUT2D eigenvalue weighted by Gasteiger charge is -2.08. The maximum Gasteiger partial charge on any atom is 0.240 e. The minimum absolute atomic E-state index is 0.0863. The molecule has 2 aromatic carbocycles. The summed E-state index contributed by atoms with van der Waals surface area (Å²) in [5.74, 6) is -0.121. The first-order valence-corrected chi connectivity index (χ1v) is 9.32. The number of nitrogens with one attached hydrogen (secondary N) is 1. The first-order valence-electron chi connectivity index (χ1n) is 7.84. The maximum absolute atomic E-state index is 12.8. The maximum atomic E-state index is 12.8. The number of benzene rings is 2. The topological polar surface area (TPSA) is 63.2 Å². The lowest BCUT2D eigenvalue weighted by molar-refractivity contribution is 0.0967. The fraction of sp³-hybridized carbons (Fsp3) is 0.278. The van der Waals surface area contributed by atoms with Crippen molar-refractivity contribution in [3.8, 4) is 0 Å². The summed E-state index contributed by atoms with van der Waals surface area (Å²) in [5.41, 5.74) is 1.41. The summed E-state index contributed by atoms with van der Waals surface area (Å²) in [7, 11) is -3.62. The summed E-state index contributed by atoms with van der Waals surface area (Å²) in [6.45, 7) is 0.219. The fourth-order valence-electron chi connectivity index (χ4n) is 2.44. The first kappa shape index (κ1) is 16.8. The fourth-order valence-corrected chi connectivity index (χ4v) is 3.48. The Labute approximate surface area is 140 Å². The van der Waals surface area contributed by atoms with E-state index in [0.29, 0.717) is 12.0 Å². The highest BCUT2D eigenvalue weighted by Crippen LogP contribution is 2.32. The third-order valence-corrected chi connectivity index (χ3v) is 5.49. The molecule has 1 aliphatic carbocycles. The van der Waals surface area contributed by atoms with Gasteiger partial charge in [0.15, 0.2) is 5.78 Å². The van der Waals surface area contributed by atoms with Crippen LogP contribution in [0, 0.1) is 11.7 Å². The van der Waals surface area contributed by atoms with Crippen LogP contribution >= 0.6 is 0 Å². The van der Waals surface area contributed by atoms with Gasteiger partial charge in [-0.15, -0.1) is 0 Å². The molecule has 1 saturated carbocycles. The van der Waals surface area contributed by atoms with Crippen molar-refractivity contribution in [2.75, 3.05) is 6.54 Å². The molecule has 0 atom stereocenters. The van der Waals surface area contributed by atoms with E-state index in [1.165, 1.54) is 24.3 Å². The molecule has 0 radical (unpaired) electrons. The number of carbonyl (C=O) groups is 1. The molecule has 0 unspecified atom stereocenters. The SMILES string of the molecule is O=C(c1ccc(S(=O)(=O)NCCc2ccc(F)cc2)cc1)C1CC1. The zero-order valence-corrected chi connectivity index (χ0v) is 13.9. The van der Waals surface area contributed by atoms with E-state index in [1.54, 1.807) is 24.3 Å². The molecule has 2 aromatic rings. The second-order valence-corrected chi connectivity index (χ2v) is 7.70. The van der Waals surface area contributed by atoms with E-state index in [1.807, 2.05) is 0 Å². The molecule has 1 aliphatic rings. The van der Waals surface area contributed by atoms with Gasteiger partial charge in [0.25, 0.3) is 0 Å².